The van der Waals surface area contributed by atoms with E-state index in [0.29, 0.717) is 11.8 Å². The number of thioether (sulfide) groups is 1. The Hall–Kier alpha value is -0.640. The van der Waals surface area contributed by atoms with Crippen molar-refractivity contribution in [2.24, 2.45) is 5.92 Å². The zero-order chi connectivity index (χ0) is 13.1. The molecule has 4 heteroatoms. The van der Waals surface area contributed by atoms with Crippen molar-refractivity contribution in [2.45, 2.75) is 52.5 Å². The summed E-state index contributed by atoms with van der Waals surface area (Å²) in [5.74, 6) is 5.76. The predicted octanol–water partition coefficient (Wildman–Crippen LogP) is 3.29. The molecule has 0 amide bonds. The molecule has 0 saturated carbocycles. The summed E-state index contributed by atoms with van der Waals surface area (Å²) in [4.78, 5) is 4.86. The summed E-state index contributed by atoms with van der Waals surface area (Å²) in [6.07, 6.45) is 3.41. The van der Waals surface area contributed by atoms with Crippen LogP contribution >= 0.6 is 11.8 Å². The van der Waals surface area contributed by atoms with Gasteiger partial charge in [0.15, 0.2) is 0 Å². The standard InChI is InChI=1S/C14H25N3S/c1-4-5-12-16-13(11-6-7-18-9-11)14(15)17(12)8-10(2)3/h10-11H,4-9,15H2,1-3H3. The second-order valence-electron chi connectivity index (χ2n) is 5.61. The van der Waals surface area contributed by atoms with Gasteiger partial charge < -0.3 is 10.3 Å². The van der Waals surface area contributed by atoms with Crippen molar-refractivity contribution in [1.82, 2.24) is 9.55 Å². The van der Waals surface area contributed by atoms with Crippen LogP contribution in [0, 0.1) is 5.92 Å². The summed E-state index contributed by atoms with van der Waals surface area (Å²) in [5, 5.41) is 0. The van der Waals surface area contributed by atoms with Gasteiger partial charge in [-0.2, -0.15) is 11.8 Å². The number of anilines is 1. The number of hydrogen-bond acceptors (Lipinski definition) is 3. The molecule has 1 atom stereocenters. The molecule has 1 unspecified atom stereocenters. The zero-order valence-corrected chi connectivity index (χ0v) is 12.6. The lowest BCUT2D eigenvalue weighted by Crippen LogP contribution is -2.12. The highest BCUT2D eigenvalue weighted by atomic mass is 32.2. The first-order chi connectivity index (χ1) is 8.63. The maximum Gasteiger partial charge on any atom is 0.127 e. The summed E-state index contributed by atoms with van der Waals surface area (Å²) < 4.78 is 2.26. The zero-order valence-electron chi connectivity index (χ0n) is 11.8. The summed E-state index contributed by atoms with van der Waals surface area (Å²) in [5.41, 5.74) is 7.52. The highest BCUT2D eigenvalue weighted by Gasteiger charge is 2.25. The third-order valence-electron chi connectivity index (χ3n) is 3.45. The summed E-state index contributed by atoms with van der Waals surface area (Å²) in [7, 11) is 0. The number of nitrogens with zero attached hydrogens (tertiary/aromatic N) is 2. The Kier molecular flexibility index (Phi) is 4.60. The summed E-state index contributed by atoms with van der Waals surface area (Å²) in [6.45, 7) is 7.67. The molecule has 1 aromatic rings. The van der Waals surface area contributed by atoms with Crippen LogP contribution in [-0.2, 0) is 13.0 Å². The molecule has 2 rings (SSSR count). The van der Waals surface area contributed by atoms with E-state index in [9.17, 15) is 0 Å². The van der Waals surface area contributed by atoms with Crippen molar-refractivity contribution in [2.75, 3.05) is 17.2 Å². The maximum atomic E-state index is 6.35. The van der Waals surface area contributed by atoms with Gasteiger partial charge in [-0.15, -0.1) is 0 Å². The van der Waals surface area contributed by atoms with Gasteiger partial charge in [0.25, 0.3) is 0 Å². The maximum absolute atomic E-state index is 6.35. The van der Waals surface area contributed by atoms with Crippen molar-refractivity contribution >= 4 is 17.6 Å². The average Bonchev–Trinajstić information content (AvgIpc) is 2.91. The third-order valence-corrected chi connectivity index (χ3v) is 4.61. The number of aromatic nitrogens is 2. The number of nitrogen functional groups attached to an aromatic ring is 1. The van der Waals surface area contributed by atoms with Crippen LogP contribution in [0.3, 0.4) is 0 Å². The van der Waals surface area contributed by atoms with E-state index in [1.165, 1.54) is 29.4 Å². The Morgan fingerprint density at radius 2 is 2.28 bits per heavy atom. The Balaban J connectivity index is 2.30. The molecule has 0 aliphatic carbocycles. The molecule has 0 aromatic carbocycles. The number of rotatable bonds is 5. The van der Waals surface area contributed by atoms with Crippen LogP contribution in [0.2, 0.25) is 0 Å². The molecule has 102 valence electrons. The van der Waals surface area contributed by atoms with E-state index in [4.69, 9.17) is 10.7 Å². The Morgan fingerprint density at radius 3 is 2.83 bits per heavy atom. The Bertz CT molecular complexity index is 392. The van der Waals surface area contributed by atoms with Crippen LogP contribution in [0.5, 0.6) is 0 Å². The van der Waals surface area contributed by atoms with E-state index in [0.717, 1.165) is 25.2 Å². The van der Waals surface area contributed by atoms with Crippen LogP contribution in [0.1, 0.15) is 51.0 Å². The van der Waals surface area contributed by atoms with Gasteiger partial charge in [0.1, 0.15) is 11.6 Å². The molecule has 18 heavy (non-hydrogen) atoms. The monoisotopic (exact) mass is 267 g/mol. The molecule has 2 N–H and O–H groups in total. The van der Waals surface area contributed by atoms with Crippen LogP contribution in [0.4, 0.5) is 5.82 Å². The fraction of sp³-hybridized carbons (Fsp3) is 0.786. The van der Waals surface area contributed by atoms with Gasteiger partial charge in [0, 0.05) is 24.6 Å². The minimum Gasteiger partial charge on any atom is -0.384 e. The number of hydrogen-bond donors (Lipinski definition) is 1. The van der Waals surface area contributed by atoms with Gasteiger partial charge in [-0.25, -0.2) is 4.98 Å². The largest absolute Gasteiger partial charge is 0.384 e. The molecule has 1 saturated heterocycles. The fourth-order valence-corrected chi connectivity index (χ4v) is 3.79. The average molecular weight is 267 g/mol. The minimum absolute atomic E-state index is 0.582. The quantitative estimate of drug-likeness (QED) is 0.890. The molecule has 0 spiro atoms. The second kappa shape index (κ2) is 6.00. The molecule has 1 aliphatic heterocycles. The fourth-order valence-electron chi connectivity index (χ4n) is 2.57. The van der Waals surface area contributed by atoms with E-state index < -0.39 is 0 Å². The van der Waals surface area contributed by atoms with Crippen LogP contribution < -0.4 is 5.73 Å². The molecular weight excluding hydrogens is 242 g/mol. The van der Waals surface area contributed by atoms with Crippen LogP contribution in [0.25, 0.3) is 0 Å². The van der Waals surface area contributed by atoms with Gasteiger partial charge in [0.2, 0.25) is 0 Å². The molecule has 1 fully saturated rings. The van der Waals surface area contributed by atoms with E-state index in [2.05, 4.69) is 25.3 Å². The highest BCUT2D eigenvalue weighted by Crippen LogP contribution is 2.35. The van der Waals surface area contributed by atoms with Crippen LogP contribution in [-0.4, -0.2) is 21.1 Å². The first-order valence-electron chi connectivity index (χ1n) is 7.06. The summed E-state index contributed by atoms with van der Waals surface area (Å²) >= 11 is 2.02. The third kappa shape index (κ3) is 2.85. The first kappa shape index (κ1) is 13.8. The van der Waals surface area contributed by atoms with E-state index in [-0.39, 0.29) is 0 Å². The lowest BCUT2D eigenvalue weighted by molar-refractivity contribution is 0.509. The van der Waals surface area contributed by atoms with Gasteiger partial charge in [-0.3, -0.25) is 0 Å². The predicted molar refractivity (Wildman–Crippen MR) is 80.2 cm³/mol. The summed E-state index contributed by atoms with van der Waals surface area (Å²) in [6, 6.07) is 0. The minimum atomic E-state index is 0.582. The van der Waals surface area contributed by atoms with Crippen molar-refractivity contribution < 1.29 is 0 Å². The van der Waals surface area contributed by atoms with Crippen molar-refractivity contribution in [3.05, 3.63) is 11.5 Å². The SMILES string of the molecule is CCCc1nc(C2CCSC2)c(N)n1CC(C)C. The van der Waals surface area contributed by atoms with Gasteiger partial charge >= 0.3 is 0 Å². The molecule has 1 aliphatic rings. The number of nitrogens with two attached hydrogens (primary N) is 1. The lowest BCUT2D eigenvalue weighted by atomic mass is 10.1. The first-order valence-corrected chi connectivity index (χ1v) is 8.21. The molecular formula is C14H25N3S. The second-order valence-corrected chi connectivity index (χ2v) is 6.76. The van der Waals surface area contributed by atoms with Crippen molar-refractivity contribution in [3.8, 4) is 0 Å². The molecule has 1 aromatic heterocycles. The van der Waals surface area contributed by atoms with Gasteiger partial charge in [-0.1, -0.05) is 20.8 Å². The molecule has 0 bridgehead atoms. The number of aryl methyl sites for hydroxylation is 1. The Labute approximate surface area is 115 Å². The molecule has 2 heterocycles. The highest BCUT2D eigenvalue weighted by molar-refractivity contribution is 7.99. The van der Waals surface area contributed by atoms with Gasteiger partial charge in [-0.05, 0) is 24.5 Å². The van der Waals surface area contributed by atoms with Crippen molar-refractivity contribution in [3.63, 3.8) is 0 Å². The van der Waals surface area contributed by atoms with Crippen molar-refractivity contribution in [1.29, 1.82) is 0 Å². The van der Waals surface area contributed by atoms with E-state index in [1.807, 2.05) is 11.8 Å². The molecule has 3 nitrogen and oxygen atoms in total. The smallest absolute Gasteiger partial charge is 0.127 e. The normalized spacial score (nSPS) is 19.9. The van der Waals surface area contributed by atoms with E-state index >= 15 is 0 Å². The van der Waals surface area contributed by atoms with E-state index in [1.54, 1.807) is 0 Å². The topological polar surface area (TPSA) is 43.8 Å². The Morgan fingerprint density at radius 1 is 1.50 bits per heavy atom. The molecule has 0 radical (unpaired) electrons. The van der Waals surface area contributed by atoms with Gasteiger partial charge in [0.05, 0.1) is 5.69 Å². The lowest BCUT2D eigenvalue weighted by Gasteiger charge is -2.12. The number of imidazole rings is 1. The van der Waals surface area contributed by atoms with Crippen LogP contribution in [0.15, 0.2) is 0 Å².